The van der Waals surface area contributed by atoms with Gasteiger partial charge < -0.3 is 4.98 Å². The summed E-state index contributed by atoms with van der Waals surface area (Å²) >= 11 is 0. The summed E-state index contributed by atoms with van der Waals surface area (Å²) in [6, 6.07) is 1.15. The predicted octanol–water partition coefficient (Wildman–Crippen LogP) is 2.22. The standard InChI is InChI=1S/C19H25N3O/c1-11-20-18-9-16-5-4-15(8-17(18)19(23)21-11)22(16)10-14-7-12-2-3-13(14)6-12/h2-3,12-16H,4-10H2,1H3,(H,20,21,23)/t12-,13-,14-,15-,16-/m0/s1. The Kier molecular flexibility index (Phi) is 3.06. The van der Waals surface area contributed by atoms with Gasteiger partial charge in [0.15, 0.2) is 0 Å². The number of hydrogen-bond donors (Lipinski definition) is 1. The molecule has 2 fully saturated rings. The van der Waals surface area contributed by atoms with Crippen LogP contribution in [0.15, 0.2) is 16.9 Å². The van der Waals surface area contributed by atoms with Crippen molar-refractivity contribution in [3.8, 4) is 0 Å². The monoisotopic (exact) mass is 311 g/mol. The van der Waals surface area contributed by atoms with Crippen LogP contribution in [0.3, 0.4) is 0 Å². The largest absolute Gasteiger partial charge is 0.311 e. The highest BCUT2D eigenvalue weighted by Crippen LogP contribution is 2.45. The van der Waals surface area contributed by atoms with Gasteiger partial charge in [-0.05, 0) is 56.8 Å². The molecule has 4 nitrogen and oxygen atoms in total. The number of fused-ring (bicyclic) bond motifs is 5. The fourth-order valence-electron chi connectivity index (χ4n) is 5.63. The van der Waals surface area contributed by atoms with Crippen LogP contribution in [0.5, 0.6) is 0 Å². The Labute approximate surface area is 137 Å². The molecule has 4 heteroatoms. The van der Waals surface area contributed by atoms with Crippen LogP contribution in [-0.2, 0) is 12.8 Å². The molecule has 5 atom stereocenters. The Morgan fingerprint density at radius 3 is 2.78 bits per heavy atom. The maximum Gasteiger partial charge on any atom is 0.254 e. The van der Waals surface area contributed by atoms with E-state index < -0.39 is 0 Å². The molecule has 2 aliphatic carbocycles. The van der Waals surface area contributed by atoms with Gasteiger partial charge in [-0.1, -0.05) is 12.2 Å². The van der Waals surface area contributed by atoms with E-state index in [4.69, 9.17) is 0 Å². The van der Waals surface area contributed by atoms with E-state index in [2.05, 4.69) is 27.0 Å². The molecule has 4 bridgehead atoms. The molecule has 1 aromatic heterocycles. The summed E-state index contributed by atoms with van der Waals surface area (Å²) in [5, 5.41) is 0. The van der Waals surface area contributed by atoms with Crippen LogP contribution in [0.2, 0.25) is 0 Å². The molecule has 0 amide bonds. The van der Waals surface area contributed by atoms with Crippen LogP contribution in [0.25, 0.3) is 0 Å². The third kappa shape index (κ3) is 2.22. The Bertz CT molecular complexity index is 722. The first-order chi connectivity index (χ1) is 11.2. The van der Waals surface area contributed by atoms with Gasteiger partial charge in [0.2, 0.25) is 0 Å². The van der Waals surface area contributed by atoms with Crippen LogP contribution >= 0.6 is 0 Å². The molecular weight excluding hydrogens is 286 g/mol. The van der Waals surface area contributed by atoms with E-state index in [1.54, 1.807) is 0 Å². The van der Waals surface area contributed by atoms with Crippen molar-refractivity contribution in [3.63, 3.8) is 0 Å². The summed E-state index contributed by atoms with van der Waals surface area (Å²) in [6.07, 6.45) is 12.0. The van der Waals surface area contributed by atoms with Crippen molar-refractivity contribution in [1.82, 2.24) is 14.9 Å². The van der Waals surface area contributed by atoms with Gasteiger partial charge in [-0.25, -0.2) is 4.98 Å². The van der Waals surface area contributed by atoms with Crippen LogP contribution in [0, 0.1) is 24.7 Å². The Morgan fingerprint density at radius 1 is 1.22 bits per heavy atom. The zero-order chi connectivity index (χ0) is 15.6. The number of nitrogens with zero attached hydrogens (tertiary/aromatic N) is 2. The lowest BCUT2D eigenvalue weighted by atomic mass is 9.92. The van der Waals surface area contributed by atoms with E-state index in [9.17, 15) is 4.79 Å². The topological polar surface area (TPSA) is 49.0 Å². The van der Waals surface area contributed by atoms with Crippen molar-refractivity contribution in [2.24, 2.45) is 17.8 Å². The molecule has 1 saturated heterocycles. The Balaban J connectivity index is 1.42. The van der Waals surface area contributed by atoms with E-state index in [1.165, 1.54) is 32.2 Å². The first-order valence-electron chi connectivity index (χ1n) is 9.20. The van der Waals surface area contributed by atoms with Crippen molar-refractivity contribution in [1.29, 1.82) is 0 Å². The molecule has 3 heterocycles. The number of aryl methyl sites for hydroxylation is 1. The fourth-order valence-corrected chi connectivity index (χ4v) is 5.63. The molecule has 1 N–H and O–H groups in total. The van der Waals surface area contributed by atoms with Gasteiger partial charge in [-0.15, -0.1) is 0 Å². The highest BCUT2D eigenvalue weighted by Gasteiger charge is 2.42. The average Bonchev–Trinajstić information content (AvgIpc) is 3.16. The number of aromatic nitrogens is 2. The van der Waals surface area contributed by atoms with Gasteiger partial charge in [-0.2, -0.15) is 0 Å². The first kappa shape index (κ1) is 14.0. The lowest BCUT2D eigenvalue weighted by molar-refractivity contribution is 0.154. The van der Waals surface area contributed by atoms with E-state index in [0.29, 0.717) is 12.1 Å². The average molecular weight is 311 g/mol. The SMILES string of the molecule is Cc1nc2c(c(=O)[nH]1)C[C@@H]1CC[C@@H](C2)N1C[C@@H]1C[C@H]2C=C[C@H]1C2. The van der Waals surface area contributed by atoms with E-state index >= 15 is 0 Å². The molecular formula is C19H25N3O. The number of hydrogen-bond acceptors (Lipinski definition) is 3. The molecule has 1 saturated carbocycles. The van der Waals surface area contributed by atoms with Crippen molar-refractivity contribution in [2.75, 3.05) is 6.54 Å². The Morgan fingerprint density at radius 2 is 2.04 bits per heavy atom. The quantitative estimate of drug-likeness (QED) is 0.852. The predicted molar refractivity (Wildman–Crippen MR) is 89.4 cm³/mol. The van der Waals surface area contributed by atoms with Crippen molar-refractivity contribution in [3.05, 3.63) is 39.6 Å². The smallest absolute Gasteiger partial charge is 0.254 e. The summed E-state index contributed by atoms with van der Waals surface area (Å²) in [7, 11) is 0. The molecule has 0 spiro atoms. The molecule has 1 aromatic rings. The highest BCUT2D eigenvalue weighted by atomic mass is 16.1. The molecule has 4 aliphatic rings. The number of rotatable bonds is 2. The van der Waals surface area contributed by atoms with Crippen molar-refractivity contribution >= 4 is 0 Å². The van der Waals surface area contributed by atoms with Gasteiger partial charge >= 0.3 is 0 Å². The molecule has 2 aliphatic heterocycles. The molecule has 0 unspecified atom stereocenters. The van der Waals surface area contributed by atoms with Crippen molar-refractivity contribution in [2.45, 2.75) is 57.5 Å². The number of H-pyrrole nitrogens is 1. The molecule has 23 heavy (non-hydrogen) atoms. The number of allylic oxidation sites excluding steroid dienone is 2. The van der Waals surface area contributed by atoms with Gasteiger partial charge in [0.05, 0.1) is 5.69 Å². The minimum atomic E-state index is 0.0999. The van der Waals surface area contributed by atoms with Gasteiger partial charge in [0, 0.05) is 30.6 Å². The van der Waals surface area contributed by atoms with Crippen LogP contribution in [0.1, 0.15) is 42.8 Å². The normalized spacial score (nSPS) is 38.0. The van der Waals surface area contributed by atoms with Gasteiger partial charge in [0.25, 0.3) is 5.56 Å². The highest BCUT2D eigenvalue weighted by molar-refractivity contribution is 5.24. The second-order valence-electron chi connectivity index (χ2n) is 8.11. The summed E-state index contributed by atoms with van der Waals surface area (Å²) in [6.45, 7) is 3.12. The van der Waals surface area contributed by atoms with Gasteiger partial charge in [-0.3, -0.25) is 9.69 Å². The summed E-state index contributed by atoms with van der Waals surface area (Å²) in [4.78, 5) is 22.7. The summed E-state index contributed by atoms with van der Waals surface area (Å²) in [5.41, 5.74) is 2.12. The second-order valence-corrected chi connectivity index (χ2v) is 8.11. The van der Waals surface area contributed by atoms with E-state index in [-0.39, 0.29) is 5.56 Å². The van der Waals surface area contributed by atoms with Gasteiger partial charge in [0.1, 0.15) is 5.82 Å². The van der Waals surface area contributed by atoms with Crippen LogP contribution < -0.4 is 5.56 Å². The number of aromatic amines is 1. The number of nitrogens with one attached hydrogen (secondary N) is 1. The van der Waals surface area contributed by atoms with Crippen molar-refractivity contribution < 1.29 is 0 Å². The lowest BCUT2D eigenvalue weighted by Crippen LogP contribution is -2.41. The van der Waals surface area contributed by atoms with E-state index in [0.717, 1.165) is 47.7 Å². The second kappa shape index (κ2) is 5.04. The minimum Gasteiger partial charge on any atom is -0.311 e. The maximum atomic E-state index is 12.3. The summed E-state index contributed by atoms with van der Waals surface area (Å²) in [5.74, 6) is 3.26. The first-order valence-corrected chi connectivity index (χ1v) is 9.20. The molecule has 5 rings (SSSR count). The molecule has 0 aromatic carbocycles. The van der Waals surface area contributed by atoms with Crippen LogP contribution in [0.4, 0.5) is 0 Å². The minimum absolute atomic E-state index is 0.0999. The Hall–Kier alpha value is -1.42. The van der Waals surface area contributed by atoms with E-state index in [1.807, 2.05) is 6.92 Å². The molecule has 122 valence electrons. The zero-order valence-electron chi connectivity index (χ0n) is 13.8. The molecule has 0 radical (unpaired) electrons. The third-order valence-electron chi connectivity index (χ3n) is 6.72. The lowest BCUT2D eigenvalue weighted by Gasteiger charge is -2.32. The maximum absolute atomic E-state index is 12.3. The third-order valence-corrected chi connectivity index (χ3v) is 6.72. The summed E-state index contributed by atoms with van der Waals surface area (Å²) < 4.78 is 0. The fraction of sp³-hybridized carbons (Fsp3) is 0.684. The zero-order valence-corrected chi connectivity index (χ0v) is 13.8. The van der Waals surface area contributed by atoms with Crippen LogP contribution in [-0.4, -0.2) is 33.5 Å².